The van der Waals surface area contributed by atoms with Crippen molar-refractivity contribution in [1.29, 1.82) is 0 Å². The first kappa shape index (κ1) is 21.9. The third-order valence-electron chi connectivity index (χ3n) is 5.72. The first-order valence-electron chi connectivity index (χ1n) is 10.6. The van der Waals surface area contributed by atoms with Gasteiger partial charge < -0.3 is 0 Å². The summed E-state index contributed by atoms with van der Waals surface area (Å²) in [7, 11) is -3.57. The molecular weight excluding hydrogens is 449 g/mol. The second-order valence-corrected chi connectivity index (χ2v) is 10.0. The van der Waals surface area contributed by atoms with Crippen LogP contribution in [0.25, 0.3) is 33.2 Å². The third kappa shape index (κ3) is 4.30. The first-order valence-corrected chi connectivity index (χ1v) is 12.3. The van der Waals surface area contributed by atoms with Gasteiger partial charge in [0.05, 0.1) is 22.0 Å². The summed E-state index contributed by atoms with van der Waals surface area (Å²) in [6.45, 7) is 1.99. The predicted octanol–water partition coefficient (Wildman–Crippen LogP) is 5.78. The Hall–Kier alpha value is -3.97. The van der Waals surface area contributed by atoms with Crippen molar-refractivity contribution in [2.24, 2.45) is 0 Å². The van der Waals surface area contributed by atoms with Crippen molar-refractivity contribution >= 4 is 20.6 Å². The molecule has 0 saturated heterocycles. The number of hydrogen-bond donors (Lipinski definition) is 0. The number of hydrogen-bond acceptors (Lipinski definition) is 5. The molecule has 2 aromatic heterocycles. The summed E-state index contributed by atoms with van der Waals surface area (Å²) in [6.07, 6.45) is 4.54. The fraction of sp³-hybridized carbons (Fsp3) is 0.0741. The van der Waals surface area contributed by atoms with Gasteiger partial charge in [0.25, 0.3) is 0 Å². The lowest BCUT2D eigenvalue weighted by Gasteiger charge is -2.12. The lowest BCUT2D eigenvalue weighted by molar-refractivity contribution is 0.594. The number of aromatic nitrogens is 3. The van der Waals surface area contributed by atoms with Gasteiger partial charge in [0, 0.05) is 23.3 Å². The summed E-state index contributed by atoms with van der Waals surface area (Å²) in [5, 5.41) is 1.63. The molecule has 5 aromatic rings. The molecule has 3 aromatic carbocycles. The second-order valence-electron chi connectivity index (χ2n) is 8.04. The molecule has 0 fully saturated rings. The van der Waals surface area contributed by atoms with Crippen molar-refractivity contribution in [2.45, 2.75) is 17.6 Å². The van der Waals surface area contributed by atoms with Gasteiger partial charge in [-0.2, -0.15) is 0 Å². The summed E-state index contributed by atoms with van der Waals surface area (Å²) in [5.41, 5.74) is 4.85. The lowest BCUT2D eigenvalue weighted by Crippen LogP contribution is -2.06. The summed E-state index contributed by atoms with van der Waals surface area (Å²) in [5.74, 6) is -0.472. The summed E-state index contributed by atoms with van der Waals surface area (Å²) in [4.78, 5) is 12.7. The number of sulfone groups is 1. The van der Waals surface area contributed by atoms with Gasteiger partial charge in [-0.15, -0.1) is 0 Å². The minimum absolute atomic E-state index is 0.195. The van der Waals surface area contributed by atoms with E-state index in [0.717, 1.165) is 38.7 Å². The number of rotatable bonds is 5. The van der Waals surface area contributed by atoms with Gasteiger partial charge in [-0.1, -0.05) is 36.4 Å². The molecule has 0 aliphatic heterocycles. The van der Waals surface area contributed by atoms with Crippen LogP contribution in [0.1, 0.15) is 11.3 Å². The molecule has 168 valence electrons. The molecule has 5 rings (SSSR count). The molecule has 0 aliphatic rings. The molecular formula is C27H20FN3O2S. The Morgan fingerprint density at radius 3 is 2.47 bits per heavy atom. The molecule has 0 atom stereocenters. The predicted molar refractivity (Wildman–Crippen MR) is 130 cm³/mol. The van der Waals surface area contributed by atoms with Crippen LogP contribution < -0.4 is 0 Å². The maximum Gasteiger partial charge on any atom is 0.184 e. The Morgan fingerprint density at radius 1 is 0.853 bits per heavy atom. The van der Waals surface area contributed by atoms with Crippen molar-refractivity contribution < 1.29 is 12.8 Å². The zero-order valence-electron chi connectivity index (χ0n) is 18.3. The minimum atomic E-state index is -3.57. The fourth-order valence-corrected chi connectivity index (χ4v) is 5.33. The van der Waals surface area contributed by atoms with E-state index >= 15 is 0 Å². The minimum Gasteiger partial charge on any atom is -0.256 e. The quantitative estimate of drug-likeness (QED) is 0.326. The zero-order chi connectivity index (χ0) is 23.7. The van der Waals surface area contributed by atoms with Crippen molar-refractivity contribution in [3.63, 3.8) is 0 Å². The maximum absolute atomic E-state index is 13.7. The Morgan fingerprint density at radius 2 is 1.71 bits per heavy atom. The molecule has 0 N–H and O–H groups in total. The average molecular weight is 470 g/mol. The van der Waals surface area contributed by atoms with E-state index in [-0.39, 0.29) is 16.5 Å². The first-order chi connectivity index (χ1) is 16.4. The Labute approximate surface area is 196 Å². The molecule has 0 saturated carbocycles. The van der Waals surface area contributed by atoms with Crippen molar-refractivity contribution in [3.8, 4) is 22.4 Å². The normalized spacial score (nSPS) is 11.6. The number of halogens is 1. The van der Waals surface area contributed by atoms with Crippen LogP contribution in [0.3, 0.4) is 0 Å². The molecule has 5 nitrogen and oxygen atoms in total. The highest BCUT2D eigenvalue weighted by Crippen LogP contribution is 2.33. The van der Waals surface area contributed by atoms with Gasteiger partial charge in [-0.05, 0) is 65.4 Å². The van der Waals surface area contributed by atoms with Crippen LogP contribution in [0.15, 0.2) is 96.4 Å². The summed E-state index contributed by atoms with van der Waals surface area (Å²) in [6, 6.07) is 20.9. The molecule has 0 aliphatic carbocycles. The van der Waals surface area contributed by atoms with E-state index in [1.165, 1.54) is 24.7 Å². The van der Waals surface area contributed by atoms with Crippen molar-refractivity contribution in [1.82, 2.24) is 15.0 Å². The van der Waals surface area contributed by atoms with Crippen LogP contribution in [0, 0.1) is 12.7 Å². The Kier molecular flexibility index (Phi) is 5.63. The molecule has 0 radical (unpaired) electrons. The highest BCUT2D eigenvalue weighted by atomic mass is 32.2. The van der Waals surface area contributed by atoms with E-state index in [1.54, 1.807) is 42.6 Å². The number of fused-ring (bicyclic) bond motifs is 1. The molecule has 2 heterocycles. The van der Waals surface area contributed by atoms with Gasteiger partial charge in [0.15, 0.2) is 9.84 Å². The number of benzene rings is 3. The molecule has 0 unspecified atom stereocenters. The van der Waals surface area contributed by atoms with Gasteiger partial charge in [-0.3, -0.25) is 4.98 Å². The fourth-order valence-electron chi connectivity index (χ4n) is 4.02. The standard InChI is InChI=1S/C27H20FN3O2S/c1-18-13-20(19-3-2-4-22(28)14-19)5-7-25(18)27-26-8-6-24(15-21(26)9-12-30-27)34(32,33)16-23-10-11-29-17-31-23/h2-15,17H,16H2,1H3. The monoisotopic (exact) mass is 469 g/mol. The van der Waals surface area contributed by atoms with E-state index in [9.17, 15) is 12.8 Å². The number of pyridine rings is 1. The van der Waals surface area contributed by atoms with Gasteiger partial charge in [0.1, 0.15) is 12.1 Å². The zero-order valence-corrected chi connectivity index (χ0v) is 19.1. The third-order valence-corrected chi connectivity index (χ3v) is 7.36. The van der Waals surface area contributed by atoms with Crippen molar-refractivity contribution in [2.75, 3.05) is 0 Å². The van der Waals surface area contributed by atoms with Crippen LogP contribution in [0.5, 0.6) is 0 Å². The van der Waals surface area contributed by atoms with E-state index in [0.29, 0.717) is 5.69 Å². The van der Waals surface area contributed by atoms with E-state index < -0.39 is 9.84 Å². The van der Waals surface area contributed by atoms with Crippen molar-refractivity contribution in [3.05, 3.63) is 109 Å². The average Bonchev–Trinajstić information content (AvgIpc) is 2.84. The van der Waals surface area contributed by atoms with Crippen LogP contribution in [0.4, 0.5) is 4.39 Å². The summed E-state index contributed by atoms with van der Waals surface area (Å²) >= 11 is 0. The highest BCUT2D eigenvalue weighted by Gasteiger charge is 2.18. The van der Waals surface area contributed by atoms with E-state index in [1.807, 2.05) is 31.2 Å². The van der Waals surface area contributed by atoms with Crippen LogP contribution in [0.2, 0.25) is 0 Å². The van der Waals surface area contributed by atoms with Gasteiger partial charge >= 0.3 is 0 Å². The molecule has 34 heavy (non-hydrogen) atoms. The Bertz CT molecular complexity index is 1620. The maximum atomic E-state index is 13.7. The Balaban J connectivity index is 1.53. The lowest BCUT2D eigenvalue weighted by atomic mass is 9.96. The molecule has 7 heteroatoms. The molecule has 0 spiro atoms. The molecule has 0 bridgehead atoms. The largest absolute Gasteiger partial charge is 0.256 e. The van der Waals surface area contributed by atoms with Crippen LogP contribution in [-0.4, -0.2) is 23.4 Å². The topological polar surface area (TPSA) is 72.8 Å². The van der Waals surface area contributed by atoms with Crippen LogP contribution >= 0.6 is 0 Å². The SMILES string of the molecule is Cc1cc(-c2cccc(F)c2)ccc1-c1nccc2cc(S(=O)(=O)Cc3ccncn3)ccc12. The summed E-state index contributed by atoms with van der Waals surface area (Å²) < 4.78 is 39.5. The smallest absolute Gasteiger partial charge is 0.184 e. The van der Waals surface area contributed by atoms with Gasteiger partial charge in [0.2, 0.25) is 0 Å². The second kappa shape index (κ2) is 8.76. The molecule has 0 amide bonds. The van der Waals surface area contributed by atoms with Crippen LogP contribution in [-0.2, 0) is 15.6 Å². The highest BCUT2D eigenvalue weighted by molar-refractivity contribution is 7.90. The van der Waals surface area contributed by atoms with Gasteiger partial charge in [-0.25, -0.2) is 22.8 Å². The van der Waals surface area contributed by atoms with E-state index in [2.05, 4.69) is 15.0 Å². The number of aryl methyl sites for hydroxylation is 1. The number of nitrogens with zero attached hydrogens (tertiary/aromatic N) is 3. The van der Waals surface area contributed by atoms with E-state index in [4.69, 9.17) is 0 Å².